The van der Waals surface area contributed by atoms with Crippen molar-refractivity contribution in [3.63, 3.8) is 0 Å². The lowest BCUT2D eigenvalue weighted by atomic mass is 10.0. The van der Waals surface area contributed by atoms with Crippen molar-refractivity contribution in [2.45, 2.75) is 13.8 Å². The smallest absolute Gasteiger partial charge is 0.273 e. The average molecular weight is 488 g/mol. The number of hydrogen-bond donors (Lipinski definition) is 2. The summed E-state index contributed by atoms with van der Waals surface area (Å²) in [6.45, 7) is 3.53. The van der Waals surface area contributed by atoms with E-state index in [0.29, 0.717) is 22.6 Å². The molecule has 13 heteroatoms. The molecule has 3 aromatic heterocycles. The van der Waals surface area contributed by atoms with E-state index in [0.717, 1.165) is 5.56 Å². The molecule has 0 spiro atoms. The molecule has 0 saturated heterocycles. The highest BCUT2D eigenvalue weighted by Gasteiger charge is 2.17. The number of halogens is 1. The number of benzene rings is 2. The summed E-state index contributed by atoms with van der Waals surface area (Å²) in [6.07, 6.45) is 1.39. The highest BCUT2D eigenvalue weighted by Crippen LogP contribution is 2.31. The van der Waals surface area contributed by atoms with Gasteiger partial charge < -0.3 is 9.73 Å². The maximum Gasteiger partial charge on any atom is 0.273 e. The van der Waals surface area contributed by atoms with E-state index in [1.165, 1.54) is 24.4 Å². The fourth-order valence-corrected chi connectivity index (χ4v) is 3.52. The molecule has 0 amide bonds. The zero-order valence-corrected chi connectivity index (χ0v) is 18.9. The molecule has 0 bridgehead atoms. The molecule has 0 aliphatic carbocycles. The van der Waals surface area contributed by atoms with Crippen LogP contribution in [0.3, 0.4) is 0 Å². The van der Waals surface area contributed by atoms with Crippen LogP contribution in [-0.4, -0.2) is 31.4 Å². The first-order chi connectivity index (χ1) is 17.4. The number of nitro groups is 1. The number of rotatable bonds is 7. The van der Waals surface area contributed by atoms with Crippen LogP contribution in [0.5, 0.6) is 0 Å². The molecule has 5 aromatic rings. The highest BCUT2D eigenvalue weighted by molar-refractivity contribution is 5.80. The number of anilines is 3. The summed E-state index contributed by atoms with van der Waals surface area (Å²) in [4.78, 5) is 19.4. The number of furan rings is 1. The lowest BCUT2D eigenvalue weighted by Crippen LogP contribution is -2.04. The first kappa shape index (κ1) is 22.6. The quantitative estimate of drug-likeness (QED) is 0.179. The Bertz CT molecular complexity index is 1630. The third kappa shape index (κ3) is 4.44. The maximum atomic E-state index is 14.1. The monoisotopic (exact) mass is 488 g/mol. The Labute approximate surface area is 202 Å². The van der Waals surface area contributed by atoms with Crippen LogP contribution in [0.25, 0.3) is 22.6 Å². The van der Waals surface area contributed by atoms with Gasteiger partial charge in [0, 0.05) is 17.2 Å². The Morgan fingerprint density at radius 3 is 2.53 bits per heavy atom. The Kier molecular flexibility index (Phi) is 5.78. The van der Waals surface area contributed by atoms with Crippen molar-refractivity contribution in [2.24, 2.45) is 5.10 Å². The zero-order chi connectivity index (χ0) is 25.2. The van der Waals surface area contributed by atoms with Crippen LogP contribution >= 0.6 is 0 Å². The van der Waals surface area contributed by atoms with Crippen molar-refractivity contribution in [2.75, 3.05) is 10.7 Å². The minimum Gasteiger partial charge on any atom is -0.455 e. The minimum atomic E-state index is -0.484. The molecule has 0 fully saturated rings. The normalized spacial score (nSPS) is 11.3. The number of para-hydroxylation sites is 1. The van der Waals surface area contributed by atoms with Gasteiger partial charge in [0.15, 0.2) is 11.6 Å². The first-order valence-electron chi connectivity index (χ1n) is 10.6. The number of hydrogen-bond acceptors (Lipinski definition) is 11. The summed E-state index contributed by atoms with van der Waals surface area (Å²) in [5.74, 6) is 0.620. The molecule has 2 N–H and O–H groups in total. The lowest BCUT2D eigenvalue weighted by Gasteiger charge is -2.09. The summed E-state index contributed by atoms with van der Waals surface area (Å²) >= 11 is 0. The Balaban J connectivity index is 1.40. The van der Waals surface area contributed by atoms with Crippen LogP contribution in [0, 0.1) is 29.8 Å². The lowest BCUT2D eigenvalue weighted by molar-refractivity contribution is -0.385. The number of nitrogens with zero attached hydrogens (tertiary/aromatic N) is 6. The van der Waals surface area contributed by atoms with E-state index in [-0.39, 0.29) is 34.3 Å². The Morgan fingerprint density at radius 1 is 1.03 bits per heavy atom. The molecule has 0 atom stereocenters. The van der Waals surface area contributed by atoms with Gasteiger partial charge in [-0.3, -0.25) is 15.5 Å². The van der Waals surface area contributed by atoms with Gasteiger partial charge in [-0.25, -0.2) is 14.0 Å². The van der Waals surface area contributed by atoms with Gasteiger partial charge in [0.25, 0.3) is 5.69 Å². The van der Waals surface area contributed by atoms with Crippen LogP contribution < -0.4 is 10.7 Å². The first-order valence-corrected chi connectivity index (χ1v) is 10.6. The number of aryl methyl sites for hydroxylation is 2. The van der Waals surface area contributed by atoms with E-state index < -0.39 is 10.7 Å². The molecule has 0 aliphatic rings. The van der Waals surface area contributed by atoms with Gasteiger partial charge >= 0.3 is 0 Å². The Morgan fingerprint density at radius 2 is 1.78 bits per heavy atom. The second-order valence-corrected chi connectivity index (χ2v) is 7.72. The third-order valence-corrected chi connectivity index (χ3v) is 5.24. The molecule has 0 unspecified atom stereocenters. The second-order valence-electron chi connectivity index (χ2n) is 7.72. The SMILES string of the molecule is Cc1cc(C)c([N+](=O)[O-])cc1-c1ccc(C=NNc2nc3nonc3nc2Nc2ccccc2F)o1. The number of nitrogens with one attached hydrogen (secondary N) is 2. The van der Waals surface area contributed by atoms with Crippen molar-refractivity contribution in [1.29, 1.82) is 0 Å². The second kappa shape index (κ2) is 9.21. The van der Waals surface area contributed by atoms with Gasteiger partial charge in [0.2, 0.25) is 11.3 Å². The van der Waals surface area contributed by atoms with Crippen molar-refractivity contribution in [3.8, 4) is 11.3 Å². The van der Waals surface area contributed by atoms with Crippen LogP contribution in [0.2, 0.25) is 0 Å². The molecule has 2 aromatic carbocycles. The molecule has 36 heavy (non-hydrogen) atoms. The Hall–Kier alpha value is -5.20. The van der Waals surface area contributed by atoms with Crippen LogP contribution in [-0.2, 0) is 0 Å². The van der Waals surface area contributed by atoms with Gasteiger partial charge in [-0.2, -0.15) is 10.1 Å². The van der Waals surface area contributed by atoms with Gasteiger partial charge in [0.05, 0.1) is 16.8 Å². The van der Waals surface area contributed by atoms with Crippen LogP contribution in [0.1, 0.15) is 16.9 Å². The number of hydrazone groups is 1. The molecule has 12 nitrogen and oxygen atoms in total. The number of nitro benzene ring substituents is 1. The predicted octanol–water partition coefficient (Wildman–Crippen LogP) is 5.13. The van der Waals surface area contributed by atoms with E-state index in [1.54, 1.807) is 37.3 Å². The van der Waals surface area contributed by atoms with Crippen molar-refractivity contribution >= 4 is 40.5 Å². The van der Waals surface area contributed by atoms with Crippen molar-refractivity contribution in [1.82, 2.24) is 20.3 Å². The summed E-state index contributed by atoms with van der Waals surface area (Å²) < 4.78 is 24.6. The van der Waals surface area contributed by atoms with Gasteiger partial charge in [-0.05, 0) is 60.1 Å². The molecular formula is C23H17FN8O4. The van der Waals surface area contributed by atoms with Crippen LogP contribution in [0.4, 0.5) is 27.4 Å². The van der Waals surface area contributed by atoms with Crippen LogP contribution in [0.15, 0.2) is 62.7 Å². The summed E-state index contributed by atoms with van der Waals surface area (Å²) in [5, 5.41) is 25.6. The highest BCUT2D eigenvalue weighted by atomic mass is 19.1. The molecule has 0 radical (unpaired) electrons. The zero-order valence-electron chi connectivity index (χ0n) is 18.9. The topological polar surface area (TPSA) is 157 Å². The molecular weight excluding hydrogens is 471 g/mol. The predicted molar refractivity (Wildman–Crippen MR) is 129 cm³/mol. The van der Waals surface area contributed by atoms with E-state index >= 15 is 0 Å². The molecule has 3 heterocycles. The fraction of sp³-hybridized carbons (Fsp3) is 0.0870. The molecule has 180 valence electrons. The summed E-state index contributed by atoms with van der Waals surface area (Å²) in [6, 6.07) is 12.7. The van der Waals surface area contributed by atoms with Crippen molar-refractivity contribution in [3.05, 3.63) is 81.3 Å². The van der Waals surface area contributed by atoms with Gasteiger partial charge in [-0.15, -0.1) is 0 Å². The van der Waals surface area contributed by atoms with E-state index in [9.17, 15) is 14.5 Å². The van der Waals surface area contributed by atoms with Crippen molar-refractivity contribution < 1.29 is 18.4 Å². The van der Waals surface area contributed by atoms with Gasteiger partial charge in [0.1, 0.15) is 17.3 Å². The standard InChI is InChI=1S/C23H17FN8O4/c1-12-9-13(2)18(32(33)34)10-15(12)19-8-7-14(35-19)11-25-29-21-20(26-17-6-4-3-5-16(17)24)27-22-23(28-21)31-36-30-22/h3-11H,1-2H3,(H,26,27,30)(H,28,29,31). The number of aromatic nitrogens is 4. The summed E-state index contributed by atoms with van der Waals surface area (Å²) in [5.41, 5.74) is 5.17. The summed E-state index contributed by atoms with van der Waals surface area (Å²) in [7, 11) is 0. The molecule has 0 saturated carbocycles. The maximum absolute atomic E-state index is 14.1. The minimum absolute atomic E-state index is 0.00933. The largest absolute Gasteiger partial charge is 0.455 e. The van der Waals surface area contributed by atoms with E-state index in [1.807, 2.05) is 6.92 Å². The number of fused-ring (bicyclic) bond motifs is 1. The molecule has 0 aliphatic heterocycles. The van der Waals surface area contributed by atoms with E-state index in [4.69, 9.17) is 4.42 Å². The van der Waals surface area contributed by atoms with E-state index in [2.05, 4.69) is 40.8 Å². The fourth-order valence-electron chi connectivity index (χ4n) is 3.52. The van der Waals surface area contributed by atoms with Gasteiger partial charge in [-0.1, -0.05) is 12.1 Å². The third-order valence-electron chi connectivity index (χ3n) is 5.24. The molecule has 5 rings (SSSR count). The average Bonchev–Trinajstić information content (AvgIpc) is 3.50.